The van der Waals surface area contributed by atoms with Gasteiger partial charge >= 0.3 is 0 Å². The molecule has 2 heteroatoms. The van der Waals surface area contributed by atoms with Crippen LogP contribution in [-0.4, -0.2) is 6.67 Å². The van der Waals surface area contributed by atoms with Gasteiger partial charge in [0.2, 0.25) is 0 Å². The van der Waals surface area contributed by atoms with Crippen molar-refractivity contribution in [3.63, 3.8) is 0 Å². The van der Waals surface area contributed by atoms with Crippen molar-refractivity contribution in [1.82, 2.24) is 0 Å². The van der Waals surface area contributed by atoms with Crippen LogP contribution in [0, 0.1) is 17.4 Å². The molecule has 0 amide bonds. The zero-order valence-electron chi connectivity index (χ0n) is 6.98. The van der Waals surface area contributed by atoms with Crippen LogP contribution < -0.4 is 0 Å². The lowest BCUT2D eigenvalue weighted by Crippen LogP contribution is -1.99. The van der Waals surface area contributed by atoms with Gasteiger partial charge in [-0.15, -0.1) is 0 Å². The van der Waals surface area contributed by atoms with Gasteiger partial charge in [-0.25, -0.2) is 0 Å². The fourth-order valence-corrected chi connectivity index (χ4v) is 1.84. The van der Waals surface area contributed by atoms with Crippen LogP contribution in [0.25, 0.3) is 0 Å². The summed E-state index contributed by atoms with van der Waals surface area (Å²) in [4.78, 5) is 0. The van der Waals surface area contributed by atoms with Crippen LogP contribution in [0.4, 0.5) is 4.39 Å². The summed E-state index contributed by atoms with van der Waals surface area (Å²) in [7, 11) is 0. The Hall–Kier alpha value is -0.120. The average Bonchev–Trinajstić information content (AvgIpc) is 2.08. The zero-order chi connectivity index (χ0) is 9.14. The Bertz CT molecular complexity index is 271. The Labute approximate surface area is 86.3 Å². The summed E-state index contributed by atoms with van der Waals surface area (Å²) in [6.07, 6.45) is 0. The first-order chi connectivity index (χ1) is 5.65. The number of aryl methyl sites for hydroxylation is 1. The van der Waals surface area contributed by atoms with Gasteiger partial charge in [0.1, 0.15) is 0 Å². The molecule has 0 aliphatic rings. The van der Waals surface area contributed by atoms with E-state index >= 15 is 0 Å². The normalized spacial score (nSPS) is 13.0. The second-order valence-electron chi connectivity index (χ2n) is 2.88. The molecule has 0 saturated heterocycles. The standard InChI is InChI=1S/C10H11FI/c1-7-3-4-10(12)9(5-7)8(2)6-11/h3-5,8H,2,6H2,1H3. The molecular formula is C10H11FI. The van der Waals surface area contributed by atoms with Gasteiger partial charge in [0, 0.05) is 9.49 Å². The molecule has 1 unspecified atom stereocenters. The Morgan fingerprint density at radius 2 is 2.25 bits per heavy atom. The molecular weight excluding hydrogens is 266 g/mol. The van der Waals surface area contributed by atoms with Crippen molar-refractivity contribution in [2.45, 2.75) is 12.8 Å². The monoisotopic (exact) mass is 277 g/mol. The van der Waals surface area contributed by atoms with Crippen LogP contribution in [0.3, 0.4) is 0 Å². The van der Waals surface area contributed by atoms with E-state index in [1.165, 1.54) is 0 Å². The predicted molar refractivity (Wildman–Crippen MR) is 58.0 cm³/mol. The molecule has 0 fully saturated rings. The Morgan fingerprint density at radius 3 is 2.83 bits per heavy atom. The summed E-state index contributed by atoms with van der Waals surface area (Å²) in [5.41, 5.74) is 2.17. The third-order valence-electron chi connectivity index (χ3n) is 1.78. The number of halogens is 2. The molecule has 1 atom stereocenters. The van der Waals surface area contributed by atoms with E-state index in [9.17, 15) is 4.39 Å². The molecule has 0 nitrogen and oxygen atoms in total. The van der Waals surface area contributed by atoms with E-state index in [0.717, 1.165) is 14.7 Å². The van der Waals surface area contributed by atoms with E-state index in [2.05, 4.69) is 29.5 Å². The molecule has 0 N–H and O–H groups in total. The molecule has 1 aromatic rings. The maximum atomic E-state index is 12.3. The highest BCUT2D eigenvalue weighted by Crippen LogP contribution is 2.22. The quantitative estimate of drug-likeness (QED) is 0.726. The molecule has 0 bridgehead atoms. The average molecular weight is 277 g/mol. The SMILES string of the molecule is [CH2]C(CF)c1cc(C)ccc1I. The van der Waals surface area contributed by atoms with E-state index < -0.39 is 0 Å². The maximum absolute atomic E-state index is 12.3. The highest BCUT2D eigenvalue weighted by atomic mass is 127. The van der Waals surface area contributed by atoms with Gasteiger partial charge in [-0.05, 0) is 48.1 Å². The number of hydrogen-bond acceptors (Lipinski definition) is 0. The van der Waals surface area contributed by atoms with Gasteiger partial charge in [-0.2, -0.15) is 0 Å². The third kappa shape index (κ3) is 2.19. The van der Waals surface area contributed by atoms with Gasteiger partial charge in [-0.1, -0.05) is 17.7 Å². The molecule has 0 spiro atoms. The molecule has 0 heterocycles. The fourth-order valence-electron chi connectivity index (χ4n) is 1.06. The summed E-state index contributed by atoms with van der Waals surface area (Å²) in [6.45, 7) is 5.36. The van der Waals surface area contributed by atoms with Crippen LogP contribution in [0.15, 0.2) is 18.2 Å². The van der Waals surface area contributed by atoms with Gasteiger partial charge in [0.15, 0.2) is 0 Å². The topological polar surface area (TPSA) is 0 Å². The van der Waals surface area contributed by atoms with Gasteiger partial charge < -0.3 is 0 Å². The van der Waals surface area contributed by atoms with Crippen molar-refractivity contribution in [2.24, 2.45) is 0 Å². The minimum Gasteiger partial charge on any atom is -0.250 e. The molecule has 0 saturated carbocycles. The number of benzene rings is 1. The first kappa shape index (κ1) is 9.96. The van der Waals surface area contributed by atoms with E-state index in [0.29, 0.717) is 0 Å². The van der Waals surface area contributed by atoms with Crippen LogP contribution in [0.2, 0.25) is 0 Å². The second kappa shape index (κ2) is 4.21. The van der Waals surface area contributed by atoms with Gasteiger partial charge in [0.05, 0.1) is 6.67 Å². The lowest BCUT2D eigenvalue weighted by Gasteiger charge is -2.10. The van der Waals surface area contributed by atoms with Crippen LogP contribution >= 0.6 is 22.6 Å². The van der Waals surface area contributed by atoms with Crippen molar-refractivity contribution in [2.75, 3.05) is 6.67 Å². The summed E-state index contributed by atoms with van der Waals surface area (Å²) in [5.74, 6) is -0.225. The van der Waals surface area contributed by atoms with Gasteiger partial charge in [0.25, 0.3) is 0 Å². The van der Waals surface area contributed by atoms with Crippen LogP contribution in [0.5, 0.6) is 0 Å². The van der Waals surface area contributed by atoms with Crippen molar-refractivity contribution in [3.8, 4) is 0 Å². The molecule has 0 aliphatic heterocycles. The maximum Gasteiger partial charge on any atom is 0.0963 e. The van der Waals surface area contributed by atoms with E-state index in [4.69, 9.17) is 0 Å². The molecule has 65 valence electrons. The highest BCUT2D eigenvalue weighted by Gasteiger charge is 2.08. The van der Waals surface area contributed by atoms with Crippen molar-refractivity contribution in [3.05, 3.63) is 39.8 Å². The predicted octanol–water partition coefficient (Wildman–Crippen LogP) is 3.49. The van der Waals surface area contributed by atoms with E-state index in [1.54, 1.807) is 0 Å². The van der Waals surface area contributed by atoms with Crippen LogP contribution in [-0.2, 0) is 0 Å². The van der Waals surface area contributed by atoms with E-state index in [1.807, 2.05) is 25.1 Å². The zero-order valence-corrected chi connectivity index (χ0v) is 9.14. The van der Waals surface area contributed by atoms with Crippen molar-refractivity contribution in [1.29, 1.82) is 0 Å². The Kier molecular flexibility index (Phi) is 3.50. The van der Waals surface area contributed by atoms with E-state index in [-0.39, 0.29) is 12.6 Å². The minimum atomic E-state index is -0.389. The summed E-state index contributed by atoms with van der Waals surface area (Å²) in [6, 6.07) is 6.02. The van der Waals surface area contributed by atoms with Crippen molar-refractivity contribution < 1.29 is 4.39 Å². The third-order valence-corrected chi connectivity index (χ3v) is 2.76. The Balaban J connectivity index is 3.04. The highest BCUT2D eigenvalue weighted by molar-refractivity contribution is 14.1. The molecule has 12 heavy (non-hydrogen) atoms. The number of alkyl halides is 1. The van der Waals surface area contributed by atoms with Crippen LogP contribution in [0.1, 0.15) is 17.0 Å². The molecule has 0 aromatic heterocycles. The Morgan fingerprint density at radius 1 is 1.58 bits per heavy atom. The van der Waals surface area contributed by atoms with Gasteiger partial charge in [-0.3, -0.25) is 4.39 Å². The summed E-state index contributed by atoms with van der Waals surface area (Å²) >= 11 is 2.21. The van der Waals surface area contributed by atoms with Crippen molar-refractivity contribution >= 4 is 22.6 Å². The molecule has 0 aliphatic carbocycles. The molecule has 1 rings (SSSR count). The first-order valence-corrected chi connectivity index (χ1v) is 4.88. The number of hydrogen-bond donors (Lipinski definition) is 0. The lowest BCUT2D eigenvalue weighted by atomic mass is 10.0. The smallest absolute Gasteiger partial charge is 0.0963 e. The largest absolute Gasteiger partial charge is 0.250 e. The molecule has 1 radical (unpaired) electrons. The first-order valence-electron chi connectivity index (χ1n) is 3.80. The fraction of sp³-hybridized carbons (Fsp3) is 0.300. The minimum absolute atomic E-state index is 0.225. The summed E-state index contributed by atoms with van der Waals surface area (Å²) in [5, 5.41) is 0. The lowest BCUT2D eigenvalue weighted by molar-refractivity contribution is 0.464. The second-order valence-corrected chi connectivity index (χ2v) is 4.04. The number of rotatable bonds is 2. The summed E-state index contributed by atoms with van der Waals surface area (Å²) < 4.78 is 13.4. The molecule has 1 aromatic carbocycles.